The standard InChI is InChI=1S/C26H34ClN7O5S/c1-25(2,3)39-24(36)33-26(10-13-34(14-11-26)22-21-19(9-12-28-21)29-16-30-22)23(35)32-20(15-31-40(4,37)38)17-5-7-18(27)8-6-17/h5-8,12,16,20,31H,9-11,13-15H2,1-4H3,(H,32,35)(H,33,36). The number of nitrogens with zero attached hydrogens (tertiary/aromatic N) is 4. The van der Waals surface area contributed by atoms with Crippen LogP contribution in [-0.4, -0.2) is 73.6 Å². The van der Waals surface area contributed by atoms with E-state index < -0.39 is 39.2 Å². The largest absolute Gasteiger partial charge is 0.444 e. The molecular formula is C26H34ClN7O5S. The Morgan fingerprint density at radius 3 is 2.45 bits per heavy atom. The molecule has 14 heteroatoms. The van der Waals surface area contributed by atoms with E-state index >= 15 is 0 Å². The number of halogens is 1. The molecule has 2 aliphatic heterocycles. The van der Waals surface area contributed by atoms with Crippen LogP contribution in [0.2, 0.25) is 5.02 Å². The fourth-order valence-electron chi connectivity index (χ4n) is 4.63. The van der Waals surface area contributed by atoms with Gasteiger partial charge in [-0.1, -0.05) is 23.7 Å². The molecule has 1 saturated heterocycles. The van der Waals surface area contributed by atoms with E-state index in [1.165, 1.54) is 6.33 Å². The maximum atomic E-state index is 14.0. The topological polar surface area (TPSA) is 155 Å². The summed E-state index contributed by atoms with van der Waals surface area (Å²) in [6.07, 6.45) is 4.74. The Labute approximate surface area is 239 Å². The second-order valence-corrected chi connectivity index (χ2v) is 13.2. The van der Waals surface area contributed by atoms with E-state index in [1.807, 2.05) is 4.90 Å². The molecule has 0 radical (unpaired) electrons. The van der Waals surface area contributed by atoms with E-state index in [9.17, 15) is 18.0 Å². The summed E-state index contributed by atoms with van der Waals surface area (Å²) in [5.41, 5.74) is 0.111. The summed E-state index contributed by atoms with van der Waals surface area (Å²) in [6, 6.07) is 6.02. The van der Waals surface area contributed by atoms with Crippen LogP contribution in [0.3, 0.4) is 0 Å². The van der Waals surface area contributed by atoms with E-state index in [1.54, 1.807) is 51.3 Å². The van der Waals surface area contributed by atoms with Crippen LogP contribution in [0.4, 0.5) is 16.3 Å². The minimum absolute atomic E-state index is 0.0913. The number of aliphatic imine (C=N–C) groups is 1. The Balaban J connectivity index is 1.59. The van der Waals surface area contributed by atoms with Crippen molar-refractivity contribution in [3.05, 3.63) is 46.9 Å². The molecule has 40 heavy (non-hydrogen) atoms. The second-order valence-electron chi connectivity index (χ2n) is 10.9. The van der Waals surface area contributed by atoms with Crippen LogP contribution in [0.15, 0.2) is 35.6 Å². The molecule has 1 fully saturated rings. The zero-order valence-corrected chi connectivity index (χ0v) is 24.5. The lowest BCUT2D eigenvalue weighted by molar-refractivity contribution is -0.129. The van der Waals surface area contributed by atoms with Gasteiger partial charge in [0.1, 0.15) is 23.2 Å². The maximum Gasteiger partial charge on any atom is 0.408 e. The van der Waals surface area contributed by atoms with Crippen molar-refractivity contribution in [1.29, 1.82) is 0 Å². The van der Waals surface area contributed by atoms with Crippen molar-refractivity contribution in [3.63, 3.8) is 0 Å². The Morgan fingerprint density at radius 1 is 1.15 bits per heavy atom. The van der Waals surface area contributed by atoms with Crippen LogP contribution < -0.4 is 20.3 Å². The van der Waals surface area contributed by atoms with Crippen LogP contribution in [0, 0.1) is 0 Å². The third-order valence-corrected chi connectivity index (χ3v) is 7.55. The normalized spacial score (nSPS) is 17.2. The molecule has 2 aromatic rings. The average molecular weight is 592 g/mol. The predicted molar refractivity (Wildman–Crippen MR) is 153 cm³/mol. The number of rotatable bonds is 8. The number of carbonyl (C=O) groups is 2. The van der Waals surface area contributed by atoms with Crippen LogP contribution in [-0.2, 0) is 26.0 Å². The number of carbonyl (C=O) groups excluding carboxylic acids is 2. The minimum atomic E-state index is -3.54. The first-order chi connectivity index (χ1) is 18.7. The van der Waals surface area contributed by atoms with Crippen molar-refractivity contribution in [2.24, 2.45) is 4.99 Å². The summed E-state index contributed by atoms with van der Waals surface area (Å²) in [5, 5.41) is 6.28. The van der Waals surface area contributed by atoms with E-state index in [0.717, 1.165) is 11.9 Å². The molecule has 1 aromatic heterocycles. The number of sulfonamides is 1. The van der Waals surface area contributed by atoms with E-state index in [-0.39, 0.29) is 19.4 Å². The second kappa shape index (κ2) is 11.7. The van der Waals surface area contributed by atoms with Crippen molar-refractivity contribution >= 4 is 51.3 Å². The van der Waals surface area contributed by atoms with Gasteiger partial charge in [-0.25, -0.2) is 27.9 Å². The molecule has 3 N–H and O–H groups in total. The summed E-state index contributed by atoms with van der Waals surface area (Å²) < 4.78 is 31.7. The van der Waals surface area contributed by atoms with E-state index in [0.29, 0.717) is 41.6 Å². The fourth-order valence-corrected chi connectivity index (χ4v) is 5.22. The van der Waals surface area contributed by atoms with Crippen LogP contribution >= 0.6 is 11.6 Å². The number of ether oxygens (including phenoxy) is 1. The lowest BCUT2D eigenvalue weighted by atomic mass is 9.85. The van der Waals surface area contributed by atoms with Gasteiger partial charge in [-0.3, -0.25) is 9.79 Å². The Kier molecular flexibility index (Phi) is 8.66. The van der Waals surface area contributed by atoms with Gasteiger partial charge in [-0.05, 0) is 51.3 Å². The molecular weight excluding hydrogens is 558 g/mol. The Hall–Kier alpha value is -3.29. The van der Waals surface area contributed by atoms with Gasteiger partial charge in [0.15, 0.2) is 5.82 Å². The first kappa shape index (κ1) is 29.7. The van der Waals surface area contributed by atoms with Crippen molar-refractivity contribution in [3.8, 4) is 0 Å². The number of amides is 2. The number of fused-ring (bicyclic) bond motifs is 1. The molecule has 0 aliphatic carbocycles. The van der Waals surface area contributed by atoms with Gasteiger partial charge in [0.05, 0.1) is 18.0 Å². The number of nitrogens with one attached hydrogen (secondary N) is 3. The van der Waals surface area contributed by atoms with Crippen LogP contribution in [0.25, 0.3) is 0 Å². The molecule has 216 valence electrons. The quantitative estimate of drug-likeness (QED) is 0.423. The lowest BCUT2D eigenvalue weighted by Crippen LogP contribution is -2.64. The minimum Gasteiger partial charge on any atom is -0.444 e. The van der Waals surface area contributed by atoms with Crippen LogP contribution in [0.5, 0.6) is 0 Å². The van der Waals surface area contributed by atoms with E-state index in [2.05, 4.69) is 30.3 Å². The summed E-state index contributed by atoms with van der Waals surface area (Å²) in [4.78, 5) is 42.1. The maximum absolute atomic E-state index is 14.0. The van der Waals surface area contributed by atoms with Gasteiger partial charge in [-0.15, -0.1) is 0 Å². The molecule has 4 rings (SSSR count). The third kappa shape index (κ3) is 7.46. The van der Waals surface area contributed by atoms with Gasteiger partial charge >= 0.3 is 6.09 Å². The fraction of sp³-hybridized carbons (Fsp3) is 0.500. The van der Waals surface area contributed by atoms with E-state index in [4.69, 9.17) is 16.3 Å². The van der Waals surface area contributed by atoms with Gasteiger partial charge in [0.2, 0.25) is 15.9 Å². The van der Waals surface area contributed by atoms with Gasteiger partial charge < -0.3 is 20.3 Å². The number of benzene rings is 1. The summed E-state index contributed by atoms with van der Waals surface area (Å²) >= 11 is 6.04. The predicted octanol–water partition coefficient (Wildman–Crippen LogP) is 2.66. The van der Waals surface area contributed by atoms with Crippen molar-refractivity contribution in [2.45, 2.75) is 57.2 Å². The van der Waals surface area contributed by atoms with Gasteiger partial charge in [0.25, 0.3) is 0 Å². The van der Waals surface area contributed by atoms with Crippen molar-refractivity contribution in [2.75, 3.05) is 30.8 Å². The molecule has 3 heterocycles. The first-order valence-electron chi connectivity index (χ1n) is 12.9. The molecule has 2 aliphatic rings. The van der Waals surface area contributed by atoms with Crippen LogP contribution in [0.1, 0.15) is 50.9 Å². The highest BCUT2D eigenvalue weighted by Crippen LogP contribution is 2.35. The molecule has 1 unspecified atom stereocenters. The average Bonchev–Trinajstić information content (AvgIpc) is 3.35. The van der Waals surface area contributed by atoms with Crippen molar-refractivity contribution < 1.29 is 22.7 Å². The molecule has 2 amide bonds. The van der Waals surface area contributed by atoms with Gasteiger partial charge in [-0.2, -0.15) is 0 Å². The molecule has 1 atom stereocenters. The zero-order chi connectivity index (χ0) is 29.1. The number of alkyl carbamates (subject to hydrolysis) is 1. The highest BCUT2D eigenvalue weighted by molar-refractivity contribution is 7.88. The molecule has 0 spiro atoms. The Bertz CT molecular complexity index is 1390. The highest BCUT2D eigenvalue weighted by atomic mass is 35.5. The lowest BCUT2D eigenvalue weighted by Gasteiger charge is -2.42. The smallest absolute Gasteiger partial charge is 0.408 e. The number of hydrogen-bond acceptors (Lipinski definition) is 9. The zero-order valence-electron chi connectivity index (χ0n) is 22.9. The Morgan fingerprint density at radius 2 is 1.82 bits per heavy atom. The molecule has 0 bridgehead atoms. The van der Waals surface area contributed by atoms with Crippen molar-refractivity contribution in [1.82, 2.24) is 25.3 Å². The number of anilines is 1. The summed E-state index contributed by atoms with van der Waals surface area (Å²) in [5.74, 6) is 0.223. The van der Waals surface area contributed by atoms with Gasteiger partial charge in [0, 0.05) is 37.3 Å². The SMILES string of the molecule is CC(C)(C)OC(=O)NC1(C(=O)NC(CNS(C)(=O)=O)c2ccc(Cl)cc2)CCN(c2ncnc3c2N=CC3)CC1. The number of aromatic nitrogens is 2. The monoisotopic (exact) mass is 591 g/mol. The first-order valence-corrected chi connectivity index (χ1v) is 15.2. The molecule has 1 aromatic carbocycles. The third-order valence-electron chi connectivity index (χ3n) is 6.60. The molecule has 0 saturated carbocycles. The summed E-state index contributed by atoms with van der Waals surface area (Å²) in [7, 11) is -3.54. The summed E-state index contributed by atoms with van der Waals surface area (Å²) in [6.45, 7) is 5.93. The highest BCUT2D eigenvalue weighted by Gasteiger charge is 2.45. The molecule has 12 nitrogen and oxygen atoms in total. The number of piperidine rings is 1. The number of hydrogen-bond donors (Lipinski definition) is 3.